The summed E-state index contributed by atoms with van der Waals surface area (Å²) in [6, 6.07) is 0. The number of aliphatic hydroxyl groups is 2. The van der Waals surface area contributed by atoms with Gasteiger partial charge in [-0.05, 0) is 68.1 Å². The second-order valence-corrected chi connectivity index (χ2v) is 8.73. The molecule has 3 saturated carbocycles. The SMILES string of the molecule is C[C@]12CC[C@@H](O)CC1=CC[C@H]1[C@H]3C[C@@H](O)C(=O)[C@@]3(C)CC[C@@H]12. The van der Waals surface area contributed by atoms with E-state index in [0.29, 0.717) is 24.2 Å². The van der Waals surface area contributed by atoms with Crippen LogP contribution in [0.2, 0.25) is 0 Å². The number of ketones is 1. The highest BCUT2D eigenvalue weighted by Crippen LogP contribution is 2.63. The number of aliphatic hydroxyl groups excluding tert-OH is 2. The van der Waals surface area contributed by atoms with Crippen LogP contribution in [0.25, 0.3) is 0 Å². The fourth-order valence-electron chi connectivity index (χ4n) is 6.43. The molecule has 0 unspecified atom stereocenters. The lowest BCUT2D eigenvalue weighted by Crippen LogP contribution is -2.50. The summed E-state index contributed by atoms with van der Waals surface area (Å²) in [5.41, 5.74) is 1.37. The summed E-state index contributed by atoms with van der Waals surface area (Å²) in [5, 5.41) is 20.1. The molecule has 3 nitrogen and oxygen atoms in total. The first-order chi connectivity index (χ1) is 10.4. The molecule has 122 valence electrons. The summed E-state index contributed by atoms with van der Waals surface area (Å²) in [5.74, 6) is 1.59. The van der Waals surface area contributed by atoms with Crippen LogP contribution in [0.3, 0.4) is 0 Å². The maximum absolute atomic E-state index is 12.4. The van der Waals surface area contributed by atoms with Gasteiger partial charge in [0.15, 0.2) is 5.78 Å². The van der Waals surface area contributed by atoms with Crippen molar-refractivity contribution in [2.75, 3.05) is 0 Å². The summed E-state index contributed by atoms with van der Waals surface area (Å²) in [6.07, 6.45) is 8.00. The largest absolute Gasteiger partial charge is 0.393 e. The van der Waals surface area contributed by atoms with Gasteiger partial charge in [0.2, 0.25) is 0 Å². The molecule has 0 amide bonds. The zero-order valence-electron chi connectivity index (χ0n) is 13.7. The molecule has 0 bridgehead atoms. The van der Waals surface area contributed by atoms with Crippen LogP contribution < -0.4 is 0 Å². The van der Waals surface area contributed by atoms with E-state index in [9.17, 15) is 15.0 Å². The Hall–Kier alpha value is -0.670. The van der Waals surface area contributed by atoms with Crippen LogP contribution in [0.15, 0.2) is 11.6 Å². The topological polar surface area (TPSA) is 57.5 Å². The summed E-state index contributed by atoms with van der Waals surface area (Å²) in [4.78, 5) is 12.4. The van der Waals surface area contributed by atoms with Crippen molar-refractivity contribution in [2.45, 2.75) is 71.0 Å². The van der Waals surface area contributed by atoms with Crippen molar-refractivity contribution in [3.63, 3.8) is 0 Å². The summed E-state index contributed by atoms with van der Waals surface area (Å²) in [6.45, 7) is 4.48. The van der Waals surface area contributed by atoms with Crippen LogP contribution in [0.4, 0.5) is 0 Å². The molecule has 0 aromatic carbocycles. The first kappa shape index (κ1) is 14.9. The number of allylic oxidation sites excluding steroid dienone is 1. The maximum atomic E-state index is 12.4. The number of carbonyl (C=O) groups excluding carboxylic acids is 1. The zero-order chi connectivity index (χ0) is 15.7. The number of hydrogen-bond donors (Lipinski definition) is 2. The van der Waals surface area contributed by atoms with Crippen LogP contribution in [-0.2, 0) is 4.79 Å². The second kappa shape index (κ2) is 4.67. The standard InChI is InChI=1S/C19H28O3/c1-18-7-5-12(20)9-11(18)3-4-13-14(18)6-8-19(2)15(13)10-16(21)17(19)22/h3,12-16,20-21H,4-10H2,1-2H3/t12-,13-,14+,15-,16-,18+,19+/m1/s1. The summed E-state index contributed by atoms with van der Waals surface area (Å²) in [7, 11) is 0. The van der Waals surface area contributed by atoms with Crippen molar-refractivity contribution in [3.05, 3.63) is 11.6 Å². The van der Waals surface area contributed by atoms with E-state index in [0.717, 1.165) is 38.5 Å². The van der Waals surface area contributed by atoms with Crippen LogP contribution in [-0.4, -0.2) is 28.2 Å². The Labute approximate surface area is 132 Å². The Morgan fingerprint density at radius 3 is 2.59 bits per heavy atom. The lowest BCUT2D eigenvalue weighted by molar-refractivity contribution is -0.136. The highest BCUT2D eigenvalue weighted by Gasteiger charge is 2.60. The van der Waals surface area contributed by atoms with Gasteiger partial charge < -0.3 is 10.2 Å². The fraction of sp³-hybridized carbons (Fsp3) is 0.842. The van der Waals surface area contributed by atoms with E-state index in [1.165, 1.54) is 5.57 Å². The highest BCUT2D eigenvalue weighted by molar-refractivity contribution is 5.91. The van der Waals surface area contributed by atoms with Gasteiger partial charge in [0.25, 0.3) is 0 Å². The quantitative estimate of drug-likeness (QED) is 0.677. The third-order valence-corrected chi connectivity index (χ3v) is 7.81. The van der Waals surface area contributed by atoms with Gasteiger partial charge in [-0.1, -0.05) is 25.5 Å². The first-order valence-electron chi connectivity index (χ1n) is 8.96. The molecule has 0 aromatic rings. The van der Waals surface area contributed by atoms with Crippen LogP contribution in [0.1, 0.15) is 58.8 Å². The monoisotopic (exact) mass is 304 g/mol. The van der Waals surface area contributed by atoms with E-state index < -0.39 is 6.10 Å². The molecule has 7 atom stereocenters. The minimum Gasteiger partial charge on any atom is -0.393 e. The summed E-state index contributed by atoms with van der Waals surface area (Å²) < 4.78 is 0. The minimum absolute atomic E-state index is 0.0925. The average molecular weight is 304 g/mol. The minimum atomic E-state index is -0.736. The summed E-state index contributed by atoms with van der Waals surface area (Å²) >= 11 is 0. The van der Waals surface area contributed by atoms with E-state index in [2.05, 4.69) is 19.9 Å². The third-order valence-electron chi connectivity index (χ3n) is 7.81. The molecule has 0 aliphatic heterocycles. The van der Waals surface area contributed by atoms with Crippen molar-refractivity contribution < 1.29 is 15.0 Å². The number of Topliss-reactive ketones (excluding diaryl/α,β-unsaturated/α-hetero) is 1. The molecule has 0 aromatic heterocycles. The molecule has 4 aliphatic rings. The number of fused-ring (bicyclic) bond motifs is 5. The Morgan fingerprint density at radius 1 is 1.09 bits per heavy atom. The van der Waals surface area contributed by atoms with Crippen LogP contribution in [0.5, 0.6) is 0 Å². The lowest BCUT2D eigenvalue weighted by Gasteiger charge is -2.56. The molecule has 3 heteroatoms. The van der Waals surface area contributed by atoms with Crippen LogP contribution >= 0.6 is 0 Å². The van der Waals surface area contributed by atoms with E-state index in [1.807, 2.05) is 0 Å². The van der Waals surface area contributed by atoms with Gasteiger partial charge in [0.05, 0.1) is 6.10 Å². The van der Waals surface area contributed by atoms with Crippen molar-refractivity contribution in [1.29, 1.82) is 0 Å². The Kier molecular flexibility index (Phi) is 3.16. The van der Waals surface area contributed by atoms with Gasteiger partial charge in [-0.25, -0.2) is 0 Å². The number of rotatable bonds is 0. The molecule has 4 aliphatic carbocycles. The zero-order valence-corrected chi connectivity index (χ0v) is 13.7. The average Bonchev–Trinajstić information content (AvgIpc) is 2.72. The molecule has 0 heterocycles. The van der Waals surface area contributed by atoms with Crippen molar-refractivity contribution >= 4 is 5.78 Å². The van der Waals surface area contributed by atoms with Gasteiger partial charge in [-0.15, -0.1) is 0 Å². The van der Waals surface area contributed by atoms with Gasteiger partial charge in [0, 0.05) is 5.41 Å². The lowest BCUT2D eigenvalue weighted by atomic mass is 9.48. The van der Waals surface area contributed by atoms with Crippen LogP contribution in [0, 0.1) is 28.6 Å². The number of carbonyl (C=O) groups is 1. The smallest absolute Gasteiger partial charge is 0.167 e. The first-order valence-corrected chi connectivity index (χ1v) is 8.96. The molecule has 2 N–H and O–H groups in total. The third kappa shape index (κ3) is 1.78. The van der Waals surface area contributed by atoms with Gasteiger partial charge in [0.1, 0.15) is 6.10 Å². The van der Waals surface area contributed by atoms with E-state index in [4.69, 9.17) is 0 Å². The molecule has 0 saturated heterocycles. The molecule has 4 rings (SSSR count). The van der Waals surface area contributed by atoms with Crippen molar-refractivity contribution in [1.82, 2.24) is 0 Å². The van der Waals surface area contributed by atoms with Gasteiger partial charge >= 0.3 is 0 Å². The molecule has 3 fully saturated rings. The van der Waals surface area contributed by atoms with Crippen molar-refractivity contribution in [2.24, 2.45) is 28.6 Å². The Balaban J connectivity index is 1.70. The van der Waals surface area contributed by atoms with E-state index in [-0.39, 0.29) is 22.7 Å². The van der Waals surface area contributed by atoms with Gasteiger partial charge in [-0.3, -0.25) is 4.79 Å². The Bertz CT molecular complexity index is 539. The van der Waals surface area contributed by atoms with Gasteiger partial charge in [-0.2, -0.15) is 0 Å². The highest BCUT2D eigenvalue weighted by atomic mass is 16.3. The predicted molar refractivity (Wildman–Crippen MR) is 84.1 cm³/mol. The molecular weight excluding hydrogens is 276 g/mol. The Morgan fingerprint density at radius 2 is 1.82 bits per heavy atom. The maximum Gasteiger partial charge on any atom is 0.167 e. The van der Waals surface area contributed by atoms with E-state index in [1.54, 1.807) is 0 Å². The molecule has 0 radical (unpaired) electrons. The fourth-order valence-corrected chi connectivity index (χ4v) is 6.43. The molecule has 0 spiro atoms. The second-order valence-electron chi connectivity index (χ2n) is 8.73. The predicted octanol–water partition coefficient (Wildman–Crippen LogP) is 2.85. The normalized spacial score (nSPS) is 54.3. The molecular formula is C19H28O3. The van der Waals surface area contributed by atoms with E-state index >= 15 is 0 Å². The number of hydrogen-bond acceptors (Lipinski definition) is 3. The van der Waals surface area contributed by atoms with Crippen molar-refractivity contribution in [3.8, 4) is 0 Å². The molecule has 22 heavy (non-hydrogen) atoms.